The van der Waals surface area contributed by atoms with Crippen molar-refractivity contribution < 1.29 is 19.3 Å². The third-order valence-corrected chi connectivity index (χ3v) is 10.9. The Morgan fingerprint density at radius 1 is 0.742 bits per heavy atom. The Balaban J connectivity index is 0.000000173. The first-order valence-corrected chi connectivity index (χ1v) is 20.4. The zero-order valence-corrected chi connectivity index (χ0v) is 36.0. The lowest BCUT2D eigenvalue weighted by molar-refractivity contribution is 0.181. The third kappa shape index (κ3) is 10.1. The van der Waals surface area contributed by atoms with Gasteiger partial charge in [-0.25, -0.2) is 0 Å². The van der Waals surface area contributed by atoms with Crippen LogP contribution in [0.1, 0.15) is 87.4 Å². The van der Waals surface area contributed by atoms with Crippen molar-refractivity contribution in [2.75, 3.05) is 24.9 Å². The summed E-state index contributed by atoms with van der Waals surface area (Å²) in [5.41, 5.74) is 12.3. The summed E-state index contributed by atoms with van der Waals surface area (Å²) >= 11 is 0. The normalized spacial score (nSPS) is 13.5. The summed E-state index contributed by atoms with van der Waals surface area (Å²) in [6.07, 6.45) is 16.9. The number of nitrogens with zero attached hydrogens (tertiary/aromatic N) is 6. The molecule has 2 aliphatic rings. The molecule has 2 aliphatic carbocycles. The molecule has 2 aromatic heterocycles. The van der Waals surface area contributed by atoms with Crippen molar-refractivity contribution in [3.8, 4) is 35.1 Å². The molecule has 62 heavy (non-hydrogen) atoms. The number of hydrogen-bond acceptors (Lipinski definition) is 12. The van der Waals surface area contributed by atoms with E-state index in [1.54, 1.807) is 61.1 Å². The third-order valence-electron chi connectivity index (χ3n) is 10.9. The second-order valence-electron chi connectivity index (χ2n) is 15.2. The number of rotatable bonds is 10. The lowest BCUT2D eigenvalue weighted by atomic mass is 9.87. The van der Waals surface area contributed by atoms with Gasteiger partial charge in [-0.3, -0.25) is 9.36 Å². The number of methoxy groups -OCH3 is 2. The number of fused-ring (bicyclic) bond motifs is 2. The standard InChI is InChI=1S/C24H25N5O2.C12H14N4O.C12H13NO/c1-15-9-17(12-26)21(28-18-13-27-29(2)14-18)10-23(15)31-22-6-4-5-20-19(22)8-7-16(11-25)24(20)30-3;1-8-3-9(5-13)11(4-12(8)17)15-10-6-14-16(2)7-10;1-14-12-10(8-13)7-6-9-4-2-3-5-11(9)12/h7-10,12-14,22,26,28H,4-6H2,1-3H3;3-7,13,15,17H,1-2H3;6-7H,2-5H2,1H3/t22-;;/m0../s1. The zero-order chi connectivity index (χ0) is 44.3. The fourth-order valence-corrected chi connectivity index (χ4v) is 7.83. The molecular weight excluding hydrogens is 781 g/mol. The highest BCUT2D eigenvalue weighted by Crippen LogP contribution is 2.41. The van der Waals surface area contributed by atoms with E-state index in [4.69, 9.17) is 30.3 Å². The predicted molar refractivity (Wildman–Crippen MR) is 241 cm³/mol. The first kappa shape index (κ1) is 44.0. The van der Waals surface area contributed by atoms with Gasteiger partial charge in [0.25, 0.3) is 0 Å². The molecular formula is C48H52N10O4. The van der Waals surface area contributed by atoms with Crippen LogP contribution in [0, 0.1) is 47.3 Å². The van der Waals surface area contributed by atoms with Crippen LogP contribution in [0.5, 0.6) is 23.0 Å². The van der Waals surface area contributed by atoms with Crippen LogP contribution in [-0.2, 0) is 33.4 Å². The minimum Gasteiger partial charge on any atom is -0.508 e. The quantitative estimate of drug-likeness (QED) is 0.0828. The van der Waals surface area contributed by atoms with Crippen LogP contribution >= 0.6 is 0 Å². The second kappa shape index (κ2) is 20.1. The monoisotopic (exact) mass is 832 g/mol. The van der Waals surface area contributed by atoms with E-state index in [-0.39, 0.29) is 11.9 Å². The first-order valence-electron chi connectivity index (χ1n) is 20.4. The van der Waals surface area contributed by atoms with Crippen LogP contribution in [0.3, 0.4) is 0 Å². The van der Waals surface area contributed by atoms with Gasteiger partial charge in [-0.1, -0.05) is 12.1 Å². The lowest BCUT2D eigenvalue weighted by Gasteiger charge is -2.29. The molecule has 0 radical (unpaired) electrons. The van der Waals surface area contributed by atoms with Gasteiger partial charge in [0.05, 0.1) is 60.5 Å². The van der Waals surface area contributed by atoms with Crippen molar-refractivity contribution in [3.63, 3.8) is 0 Å². The Hall–Kier alpha value is -7.58. The Kier molecular flexibility index (Phi) is 14.3. The van der Waals surface area contributed by atoms with E-state index in [1.165, 1.54) is 36.4 Å². The summed E-state index contributed by atoms with van der Waals surface area (Å²) in [5.74, 6) is 2.42. The van der Waals surface area contributed by atoms with Crippen molar-refractivity contribution in [1.82, 2.24) is 19.6 Å². The molecule has 2 heterocycles. The molecule has 4 aromatic carbocycles. The number of aryl methyl sites for hydroxylation is 5. The van der Waals surface area contributed by atoms with E-state index >= 15 is 0 Å². The molecule has 14 nitrogen and oxygen atoms in total. The van der Waals surface area contributed by atoms with Crippen LogP contribution in [0.15, 0.2) is 73.3 Å². The van der Waals surface area contributed by atoms with E-state index in [0.29, 0.717) is 22.6 Å². The minimum atomic E-state index is -0.124. The maximum Gasteiger partial charge on any atom is 0.140 e. The topological polar surface area (TPSA) is 203 Å². The summed E-state index contributed by atoms with van der Waals surface area (Å²) < 4.78 is 20.8. The van der Waals surface area contributed by atoms with Crippen LogP contribution in [0.4, 0.5) is 22.7 Å². The van der Waals surface area contributed by atoms with Crippen LogP contribution in [0.2, 0.25) is 0 Å². The number of benzene rings is 4. The SMILES string of the molecule is COc1c(C#N)ccc2c1CCCC2.COc1c(C#N)ccc2c1CCC[C@@H]2Oc1cc(Nc2cnn(C)c2)c(C=N)cc1C.Cc1cc(C=N)c(Nc2cnn(C)c2)cc1O. The van der Waals surface area contributed by atoms with Gasteiger partial charge in [0.2, 0.25) is 0 Å². The maximum absolute atomic E-state index is 9.67. The number of nitriles is 2. The summed E-state index contributed by atoms with van der Waals surface area (Å²) in [7, 11) is 6.94. The summed E-state index contributed by atoms with van der Waals surface area (Å²) in [6, 6.07) is 19.4. The fourth-order valence-electron chi connectivity index (χ4n) is 7.83. The molecule has 0 aliphatic heterocycles. The van der Waals surface area contributed by atoms with Gasteiger partial charge in [-0.2, -0.15) is 20.7 Å². The predicted octanol–water partition coefficient (Wildman–Crippen LogP) is 9.43. The summed E-state index contributed by atoms with van der Waals surface area (Å²) in [4.78, 5) is 0. The van der Waals surface area contributed by atoms with Crippen molar-refractivity contribution in [1.29, 1.82) is 21.3 Å². The largest absolute Gasteiger partial charge is 0.508 e. The Morgan fingerprint density at radius 3 is 1.85 bits per heavy atom. The highest BCUT2D eigenvalue weighted by atomic mass is 16.5. The number of phenols is 1. The van der Waals surface area contributed by atoms with E-state index in [1.807, 2.05) is 57.7 Å². The molecule has 14 heteroatoms. The van der Waals surface area contributed by atoms with Crippen molar-refractivity contribution in [3.05, 3.63) is 129 Å². The van der Waals surface area contributed by atoms with E-state index in [0.717, 1.165) is 94.0 Å². The molecule has 0 amide bonds. The highest BCUT2D eigenvalue weighted by Gasteiger charge is 2.27. The van der Waals surface area contributed by atoms with E-state index < -0.39 is 0 Å². The van der Waals surface area contributed by atoms with Crippen LogP contribution in [0.25, 0.3) is 0 Å². The Labute approximate surface area is 362 Å². The second-order valence-corrected chi connectivity index (χ2v) is 15.2. The fraction of sp³-hybridized carbons (Fsp3) is 0.292. The molecule has 318 valence electrons. The number of nitrogens with one attached hydrogen (secondary N) is 4. The van der Waals surface area contributed by atoms with Crippen molar-refractivity contribution >= 4 is 35.2 Å². The van der Waals surface area contributed by atoms with Crippen LogP contribution < -0.4 is 24.8 Å². The van der Waals surface area contributed by atoms with Crippen LogP contribution in [-0.4, -0.2) is 51.3 Å². The molecule has 6 aromatic rings. The lowest BCUT2D eigenvalue weighted by Crippen LogP contribution is -2.17. The van der Waals surface area contributed by atoms with Gasteiger partial charge in [-0.05, 0) is 111 Å². The van der Waals surface area contributed by atoms with Gasteiger partial charge < -0.3 is 40.8 Å². The molecule has 5 N–H and O–H groups in total. The number of anilines is 4. The molecule has 0 fully saturated rings. The number of aromatic nitrogens is 4. The molecule has 0 bridgehead atoms. The van der Waals surface area contributed by atoms with Crippen molar-refractivity contribution in [2.45, 2.75) is 64.9 Å². The molecule has 1 atom stereocenters. The number of hydrogen-bond donors (Lipinski definition) is 5. The number of aromatic hydroxyl groups is 1. The van der Waals surface area contributed by atoms with Crippen molar-refractivity contribution in [2.24, 2.45) is 14.1 Å². The van der Waals surface area contributed by atoms with Gasteiger partial charge in [0.15, 0.2) is 0 Å². The zero-order valence-electron chi connectivity index (χ0n) is 36.0. The van der Waals surface area contributed by atoms with Gasteiger partial charge in [-0.15, -0.1) is 0 Å². The maximum atomic E-state index is 9.67. The Bertz CT molecular complexity index is 2670. The molecule has 0 spiro atoms. The van der Waals surface area contributed by atoms with Gasteiger partial charge in [0.1, 0.15) is 41.2 Å². The average molecular weight is 833 g/mol. The molecule has 0 saturated carbocycles. The highest BCUT2D eigenvalue weighted by molar-refractivity contribution is 5.89. The molecule has 0 unspecified atom stereocenters. The van der Waals surface area contributed by atoms with E-state index in [9.17, 15) is 10.4 Å². The average Bonchev–Trinajstić information content (AvgIpc) is 3.91. The molecule has 8 rings (SSSR count). The Morgan fingerprint density at radius 2 is 1.29 bits per heavy atom. The number of ether oxygens (including phenoxy) is 3. The first-order chi connectivity index (χ1) is 30.0. The van der Waals surface area contributed by atoms with E-state index in [2.05, 4.69) is 39.0 Å². The summed E-state index contributed by atoms with van der Waals surface area (Å²) in [6.45, 7) is 3.79. The number of phenolic OH excluding ortho intramolecular Hbond substituents is 1. The van der Waals surface area contributed by atoms with Gasteiger partial charge in [0, 0.05) is 67.7 Å². The van der Waals surface area contributed by atoms with Gasteiger partial charge >= 0.3 is 0 Å². The molecule has 0 saturated heterocycles. The minimum absolute atomic E-state index is 0.124. The summed E-state index contributed by atoms with van der Waals surface area (Å²) in [5, 5.41) is 57.8. The smallest absolute Gasteiger partial charge is 0.140 e.